The first-order valence-electron chi connectivity index (χ1n) is 10.6. The molecule has 1 aliphatic carbocycles. The van der Waals surface area contributed by atoms with Gasteiger partial charge in [-0.1, -0.05) is 18.9 Å². The second-order valence-electron chi connectivity index (χ2n) is 9.17. The molecule has 5 heteroatoms. The van der Waals surface area contributed by atoms with Crippen LogP contribution in [-0.2, 0) is 4.74 Å². The molecule has 1 aromatic heterocycles. The van der Waals surface area contributed by atoms with Crippen LogP contribution in [-0.4, -0.2) is 71.0 Å². The van der Waals surface area contributed by atoms with Gasteiger partial charge in [0.15, 0.2) is 0 Å². The number of ether oxygens (including phenoxy) is 1. The Morgan fingerprint density at radius 1 is 1.22 bits per heavy atom. The summed E-state index contributed by atoms with van der Waals surface area (Å²) in [5.74, 6) is 1.15. The summed E-state index contributed by atoms with van der Waals surface area (Å²) in [6.07, 6.45) is 7.42. The fraction of sp³-hybridized carbons (Fsp3) is 0.727. The first-order chi connectivity index (χ1) is 13.0. The number of ketones is 1. The minimum absolute atomic E-state index is 0.172. The first kappa shape index (κ1) is 19.0. The molecule has 0 N–H and O–H groups in total. The Bertz CT molecular complexity index is 651. The van der Waals surface area contributed by atoms with E-state index in [2.05, 4.69) is 28.6 Å². The van der Waals surface area contributed by atoms with Crippen LogP contribution in [0.1, 0.15) is 56.4 Å². The summed E-state index contributed by atoms with van der Waals surface area (Å²) in [6.45, 7) is 10.1. The quantitative estimate of drug-likeness (QED) is 0.720. The van der Waals surface area contributed by atoms with Crippen molar-refractivity contribution in [3.63, 3.8) is 0 Å². The Labute approximate surface area is 163 Å². The van der Waals surface area contributed by atoms with Crippen LogP contribution in [0.4, 0.5) is 0 Å². The standard InChI is InChI=1S/C22H33N3O2/c1-21(2)17-22(9-16-27-21,20(26)19-5-3-4-10-23-19)25-14-12-24(13-15-25)11-8-18-6-7-18/h3-5,10,18H,6-9,11-17H2,1-2H3. The third kappa shape index (κ3) is 4.25. The van der Waals surface area contributed by atoms with Gasteiger partial charge in [0.05, 0.1) is 11.1 Å². The number of hydrogen-bond acceptors (Lipinski definition) is 5. The van der Waals surface area contributed by atoms with Crippen LogP contribution in [0.3, 0.4) is 0 Å². The van der Waals surface area contributed by atoms with Crippen molar-refractivity contribution in [2.24, 2.45) is 5.92 Å². The van der Waals surface area contributed by atoms with Crippen molar-refractivity contribution in [2.45, 2.75) is 57.1 Å². The third-order valence-electron chi connectivity index (χ3n) is 6.57. The van der Waals surface area contributed by atoms with Gasteiger partial charge in [0.1, 0.15) is 5.69 Å². The summed E-state index contributed by atoms with van der Waals surface area (Å²) in [5, 5.41) is 0. The molecule has 2 saturated heterocycles. The summed E-state index contributed by atoms with van der Waals surface area (Å²) >= 11 is 0. The highest BCUT2D eigenvalue weighted by Crippen LogP contribution is 2.39. The Morgan fingerprint density at radius 3 is 2.63 bits per heavy atom. The lowest BCUT2D eigenvalue weighted by Gasteiger charge is -2.52. The van der Waals surface area contributed by atoms with Gasteiger partial charge >= 0.3 is 0 Å². The number of aromatic nitrogens is 1. The predicted octanol–water partition coefficient (Wildman–Crippen LogP) is 3.01. The lowest BCUT2D eigenvalue weighted by Crippen LogP contribution is -2.65. The molecule has 3 fully saturated rings. The minimum Gasteiger partial charge on any atom is -0.375 e. The van der Waals surface area contributed by atoms with E-state index in [0.29, 0.717) is 12.3 Å². The number of nitrogens with zero attached hydrogens (tertiary/aromatic N) is 3. The molecule has 0 amide bonds. The van der Waals surface area contributed by atoms with Gasteiger partial charge in [-0.05, 0) is 51.3 Å². The van der Waals surface area contributed by atoms with Gasteiger partial charge in [-0.15, -0.1) is 0 Å². The molecule has 3 aliphatic rings. The van der Waals surface area contributed by atoms with Gasteiger partial charge < -0.3 is 9.64 Å². The molecule has 1 unspecified atom stereocenters. The molecule has 5 nitrogen and oxygen atoms in total. The zero-order chi connectivity index (χ0) is 18.9. The van der Waals surface area contributed by atoms with Crippen molar-refractivity contribution in [3.05, 3.63) is 30.1 Å². The maximum atomic E-state index is 13.6. The summed E-state index contributed by atoms with van der Waals surface area (Å²) in [6, 6.07) is 5.64. The lowest BCUT2D eigenvalue weighted by molar-refractivity contribution is -0.113. The molecule has 0 bridgehead atoms. The summed E-state index contributed by atoms with van der Waals surface area (Å²) in [7, 11) is 0. The van der Waals surface area contributed by atoms with Crippen molar-refractivity contribution >= 4 is 5.78 Å². The Kier molecular flexibility index (Phi) is 5.36. The van der Waals surface area contributed by atoms with Crippen LogP contribution < -0.4 is 0 Å². The molecule has 0 radical (unpaired) electrons. The highest BCUT2D eigenvalue weighted by atomic mass is 16.5. The molecular formula is C22H33N3O2. The Morgan fingerprint density at radius 2 is 2.00 bits per heavy atom. The van der Waals surface area contributed by atoms with Crippen molar-refractivity contribution in [3.8, 4) is 0 Å². The Balaban J connectivity index is 1.51. The monoisotopic (exact) mass is 371 g/mol. The summed E-state index contributed by atoms with van der Waals surface area (Å²) in [4.78, 5) is 23.1. The second-order valence-corrected chi connectivity index (χ2v) is 9.17. The molecule has 148 valence electrons. The van der Waals surface area contributed by atoms with E-state index in [0.717, 1.165) is 44.9 Å². The van der Waals surface area contributed by atoms with E-state index in [1.54, 1.807) is 6.20 Å². The molecule has 3 heterocycles. The number of piperazine rings is 1. The zero-order valence-electron chi connectivity index (χ0n) is 16.8. The van der Waals surface area contributed by atoms with Crippen molar-refractivity contribution in [1.82, 2.24) is 14.8 Å². The number of hydrogen-bond donors (Lipinski definition) is 0. The van der Waals surface area contributed by atoms with Crippen LogP contribution in [0.2, 0.25) is 0 Å². The average molecular weight is 372 g/mol. The average Bonchev–Trinajstić information content (AvgIpc) is 3.50. The van der Waals surface area contributed by atoms with Crippen LogP contribution in [0.15, 0.2) is 24.4 Å². The molecule has 1 atom stereocenters. The molecule has 4 rings (SSSR count). The first-order valence-corrected chi connectivity index (χ1v) is 10.6. The van der Waals surface area contributed by atoms with E-state index in [1.165, 1.54) is 25.8 Å². The van der Waals surface area contributed by atoms with E-state index < -0.39 is 5.54 Å². The topological polar surface area (TPSA) is 45.7 Å². The predicted molar refractivity (Wildman–Crippen MR) is 106 cm³/mol. The molecule has 2 aliphatic heterocycles. The van der Waals surface area contributed by atoms with Gasteiger partial charge in [-0.2, -0.15) is 0 Å². The largest absolute Gasteiger partial charge is 0.375 e. The van der Waals surface area contributed by atoms with Gasteiger partial charge in [-0.3, -0.25) is 14.7 Å². The van der Waals surface area contributed by atoms with Crippen molar-refractivity contribution in [2.75, 3.05) is 39.3 Å². The molecule has 0 spiro atoms. The fourth-order valence-electron chi connectivity index (χ4n) is 4.85. The van der Waals surface area contributed by atoms with Gasteiger partial charge in [0.2, 0.25) is 5.78 Å². The SMILES string of the molecule is CC1(C)CC(C(=O)c2ccccn2)(N2CCN(CCC3CC3)CC2)CCO1. The van der Waals surface area contributed by atoms with Crippen molar-refractivity contribution < 1.29 is 9.53 Å². The molecule has 0 aromatic carbocycles. The van der Waals surface area contributed by atoms with Gasteiger partial charge in [0.25, 0.3) is 0 Å². The smallest absolute Gasteiger partial charge is 0.201 e. The normalized spacial score (nSPS) is 29.6. The fourth-order valence-corrected chi connectivity index (χ4v) is 4.85. The van der Waals surface area contributed by atoms with Crippen LogP contribution >= 0.6 is 0 Å². The zero-order valence-corrected chi connectivity index (χ0v) is 16.8. The number of pyridine rings is 1. The number of Topliss-reactive ketones (excluding diaryl/α,β-unsaturated/α-hetero) is 1. The molecule has 1 saturated carbocycles. The van der Waals surface area contributed by atoms with E-state index in [-0.39, 0.29) is 11.4 Å². The van der Waals surface area contributed by atoms with Gasteiger partial charge in [-0.25, -0.2) is 0 Å². The highest BCUT2D eigenvalue weighted by Gasteiger charge is 2.51. The summed E-state index contributed by atoms with van der Waals surface area (Å²) < 4.78 is 5.98. The van der Waals surface area contributed by atoms with E-state index in [1.807, 2.05) is 18.2 Å². The number of rotatable bonds is 6. The second kappa shape index (κ2) is 7.61. The van der Waals surface area contributed by atoms with Crippen LogP contribution in [0.25, 0.3) is 0 Å². The highest BCUT2D eigenvalue weighted by molar-refractivity contribution is 6.02. The van der Waals surface area contributed by atoms with Crippen LogP contribution in [0, 0.1) is 5.92 Å². The van der Waals surface area contributed by atoms with E-state index in [9.17, 15) is 4.79 Å². The number of carbonyl (C=O) groups excluding carboxylic acids is 1. The van der Waals surface area contributed by atoms with E-state index >= 15 is 0 Å². The maximum absolute atomic E-state index is 13.6. The van der Waals surface area contributed by atoms with Crippen molar-refractivity contribution in [1.29, 1.82) is 0 Å². The number of carbonyl (C=O) groups is 1. The molecule has 1 aromatic rings. The minimum atomic E-state index is -0.487. The summed E-state index contributed by atoms with van der Waals surface area (Å²) in [5.41, 5.74) is -0.184. The molecule has 27 heavy (non-hydrogen) atoms. The van der Waals surface area contributed by atoms with Crippen LogP contribution in [0.5, 0.6) is 0 Å². The Hall–Kier alpha value is -1.30. The molecular weight excluding hydrogens is 338 g/mol. The van der Waals surface area contributed by atoms with Gasteiger partial charge in [0, 0.05) is 45.4 Å². The lowest BCUT2D eigenvalue weighted by atomic mass is 9.75. The third-order valence-corrected chi connectivity index (χ3v) is 6.57. The van der Waals surface area contributed by atoms with E-state index in [4.69, 9.17) is 4.74 Å². The maximum Gasteiger partial charge on any atom is 0.201 e.